The van der Waals surface area contributed by atoms with Gasteiger partial charge in [-0.05, 0) is 6.92 Å². The van der Waals surface area contributed by atoms with Gasteiger partial charge in [0, 0.05) is 19.5 Å². The van der Waals surface area contributed by atoms with Gasteiger partial charge in [0.25, 0.3) is 0 Å². The van der Waals surface area contributed by atoms with E-state index in [1.165, 1.54) is 0 Å². The zero-order chi connectivity index (χ0) is 2.71. The Morgan fingerprint density at radius 2 is 1.75 bits per heavy atom. The fourth-order valence-corrected chi connectivity index (χ4v) is 0. The summed E-state index contributed by atoms with van der Waals surface area (Å²) < 4.78 is 0. The summed E-state index contributed by atoms with van der Waals surface area (Å²) in [5, 5.41) is 0. The minimum atomic E-state index is 0. The molecule has 0 heterocycles. The summed E-state index contributed by atoms with van der Waals surface area (Å²) in [7, 11) is 0. The average molecular weight is 104 g/mol. The molecule has 0 atom stereocenters. The first kappa shape index (κ1) is 8.89. The van der Waals surface area contributed by atoms with Crippen molar-refractivity contribution in [1.82, 2.24) is 0 Å². The van der Waals surface area contributed by atoms with Crippen LogP contribution in [0.4, 0.5) is 0 Å². The van der Waals surface area contributed by atoms with Crippen LogP contribution in [0.25, 0.3) is 0 Å². The van der Waals surface area contributed by atoms with Gasteiger partial charge in [0.05, 0.1) is 0 Å². The van der Waals surface area contributed by atoms with Crippen molar-refractivity contribution >= 4 is 0 Å². The maximum absolute atomic E-state index is 5.96. The molecule has 18 valence electrons. The first-order valence-electron chi connectivity index (χ1n) is 0.750. The third kappa shape index (κ3) is 90.9. The average Bonchev–Trinajstić information content (AvgIpc) is 0.918. The molecule has 0 spiro atoms. The van der Waals surface area contributed by atoms with Gasteiger partial charge >= 0.3 is 0 Å². The number of hydrogen-bond donors (Lipinski definition) is 0. The maximum atomic E-state index is 5.96. The van der Waals surface area contributed by atoms with Crippen LogP contribution >= 0.6 is 0 Å². The Labute approximate surface area is 39.4 Å². The Morgan fingerprint density at radius 1 is 1.75 bits per heavy atom. The van der Waals surface area contributed by atoms with E-state index in [-0.39, 0.29) is 19.5 Å². The van der Waals surface area contributed by atoms with Crippen molar-refractivity contribution in [3.8, 4) is 5.92 Å². The van der Waals surface area contributed by atoms with Gasteiger partial charge < -0.3 is 12.3 Å². The van der Waals surface area contributed by atoms with E-state index in [2.05, 4.69) is 0 Å². The number of hydrogen-bond acceptors (Lipinski definition) is 0. The van der Waals surface area contributed by atoms with Gasteiger partial charge in [-0.1, -0.05) is 0 Å². The zero-order valence-corrected chi connectivity index (χ0v) is 5.67. The van der Waals surface area contributed by atoms with Crippen molar-refractivity contribution in [1.29, 1.82) is 0 Å². The molecule has 0 rings (SSSR count). The van der Waals surface area contributed by atoms with E-state index in [9.17, 15) is 0 Å². The molecule has 0 amide bonds. The molecule has 0 radical (unpaired) electrons. The van der Waals surface area contributed by atoms with Gasteiger partial charge in [0.1, 0.15) is 0 Å². The monoisotopic (exact) mass is 103 g/mol. The van der Waals surface area contributed by atoms with Gasteiger partial charge in [0.15, 0.2) is 0 Å². The third-order valence-corrected chi connectivity index (χ3v) is 0. The van der Waals surface area contributed by atoms with Crippen LogP contribution in [0.5, 0.6) is 0 Å². The van der Waals surface area contributed by atoms with Crippen LogP contribution in [0, 0.1) is 12.3 Å². The largest absolute Gasteiger partial charge is 0.694 e. The van der Waals surface area contributed by atoms with E-state index in [1.807, 2.05) is 5.92 Å². The van der Waals surface area contributed by atoms with Gasteiger partial charge in [-0.3, -0.25) is 0 Å². The molecular weight excluding hydrogens is 101 g/mol. The molecule has 0 nitrogen and oxygen atoms in total. The van der Waals surface area contributed by atoms with Crippen molar-refractivity contribution in [2.24, 2.45) is 0 Å². The van der Waals surface area contributed by atoms with Crippen LogP contribution in [-0.4, -0.2) is 0 Å². The van der Waals surface area contributed by atoms with E-state index >= 15 is 0 Å². The maximum Gasteiger partial charge on any atom is 0 e. The van der Waals surface area contributed by atoms with Crippen LogP contribution in [0.3, 0.4) is 0 Å². The smallest absolute Gasteiger partial charge is 0 e. The molecule has 0 aliphatic heterocycles. The molecule has 0 saturated carbocycles. The second kappa shape index (κ2) is 10.8. The molecule has 0 unspecified atom stereocenters. The van der Waals surface area contributed by atoms with Crippen LogP contribution < -0.4 is 0 Å². The number of rotatable bonds is 0. The Kier molecular flexibility index (Phi) is 24.1. The van der Waals surface area contributed by atoms with Gasteiger partial charge in [-0.25, -0.2) is 0 Å². The molecule has 0 aromatic carbocycles. The first-order valence-corrected chi connectivity index (χ1v) is 0.750. The van der Waals surface area contributed by atoms with E-state index in [4.69, 9.17) is 6.42 Å². The Bertz CT molecular complexity index is 24.8. The standard InChI is InChI=1S/C3H3.Zn/c1-3-2;/h1H3;/q-1;. The molecule has 0 fully saturated rings. The molecule has 0 aromatic rings. The van der Waals surface area contributed by atoms with Gasteiger partial charge in [-0.2, -0.15) is 0 Å². The molecule has 1 heteroatoms. The van der Waals surface area contributed by atoms with Gasteiger partial charge in [0.2, 0.25) is 0 Å². The van der Waals surface area contributed by atoms with E-state index in [0.29, 0.717) is 0 Å². The predicted octanol–water partition coefficient (Wildman–Crippen LogP) is 0.594. The Morgan fingerprint density at radius 3 is 1.75 bits per heavy atom. The van der Waals surface area contributed by atoms with Crippen LogP contribution in [0.1, 0.15) is 6.92 Å². The molecule has 0 N–H and O–H groups in total. The van der Waals surface area contributed by atoms with E-state index in [0.717, 1.165) is 0 Å². The molecule has 0 aromatic heterocycles. The molecule has 0 saturated heterocycles. The van der Waals surface area contributed by atoms with Crippen molar-refractivity contribution in [3.05, 3.63) is 6.42 Å². The fourth-order valence-electron chi connectivity index (χ4n) is 0. The minimum Gasteiger partial charge on any atom is -0.694 e. The SMILES string of the molecule is [C-]#CC.[Zn]. The summed E-state index contributed by atoms with van der Waals surface area (Å²) in [5.74, 6) is 2.00. The molecule has 0 aliphatic carbocycles. The third-order valence-electron chi connectivity index (χ3n) is 0. The molecular formula is C3H3Zn-. The van der Waals surface area contributed by atoms with Crippen LogP contribution in [-0.2, 0) is 19.5 Å². The summed E-state index contributed by atoms with van der Waals surface area (Å²) >= 11 is 0. The zero-order valence-electron chi connectivity index (χ0n) is 2.71. The van der Waals surface area contributed by atoms with E-state index < -0.39 is 0 Å². The summed E-state index contributed by atoms with van der Waals surface area (Å²) in [5.41, 5.74) is 0. The first-order chi connectivity index (χ1) is 1.41. The summed E-state index contributed by atoms with van der Waals surface area (Å²) in [6.07, 6.45) is 5.96. The van der Waals surface area contributed by atoms with Crippen LogP contribution in [0.15, 0.2) is 0 Å². The second-order valence-corrected chi connectivity index (χ2v) is 0.250. The van der Waals surface area contributed by atoms with Crippen molar-refractivity contribution in [2.45, 2.75) is 6.92 Å². The summed E-state index contributed by atoms with van der Waals surface area (Å²) in [6, 6.07) is 0. The summed E-state index contributed by atoms with van der Waals surface area (Å²) in [4.78, 5) is 0. The molecule has 4 heavy (non-hydrogen) atoms. The van der Waals surface area contributed by atoms with Crippen LogP contribution in [0.2, 0.25) is 0 Å². The van der Waals surface area contributed by atoms with Crippen molar-refractivity contribution in [2.75, 3.05) is 0 Å². The molecule has 0 bridgehead atoms. The molecule has 0 aliphatic rings. The fraction of sp³-hybridized carbons (Fsp3) is 0.333. The predicted molar refractivity (Wildman–Crippen MR) is 12.8 cm³/mol. The van der Waals surface area contributed by atoms with Crippen molar-refractivity contribution in [3.63, 3.8) is 0 Å². The second-order valence-electron chi connectivity index (χ2n) is 0.250. The van der Waals surface area contributed by atoms with E-state index in [1.54, 1.807) is 6.92 Å². The normalized spacial score (nSPS) is 2.00. The quantitative estimate of drug-likeness (QED) is 0.240. The Hall–Kier alpha value is 0.183. The topological polar surface area (TPSA) is 0 Å². The van der Waals surface area contributed by atoms with Gasteiger partial charge in [-0.15, -0.1) is 0 Å². The van der Waals surface area contributed by atoms with Crippen molar-refractivity contribution < 1.29 is 19.5 Å². The summed E-state index contributed by atoms with van der Waals surface area (Å²) in [6.45, 7) is 1.54. The minimum absolute atomic E-state index is 0. The Balaban J connectivity index is 0.